The topological polar surface area (TPSA) is 115 Å². The molecule has 0 spiro atoms. The van der Waals surface area contributed by atoms with E-state index < -0.39 is 33.0 Å². The van der Waals surface area contributed by atoms with Crippen molar-refractivity contribution >= 4 is 23.0 Å². The van der Waals surface area contributed by atoms with Gasteiger partial charge in [0.05, 0.1) is 27.5 Å². The van der Waals surface area contributed by atoms with E-state index in [2.05, 4.69) is 5.32 Å². The van der Waals surface area contributed by atoms with E-state index in [1.54, 1.807) is 31.2 Å². The minimum absolute atomic E-state index is 0.0127. The van der Waals surface area contributed by atoms with Crippen LogP contribution in [0.3, 0.4) is 0 Å². The molecule has 1 unspecified atom stereocenters. The van der Waals surface area contributed by atoms with Crippen LogP contribution in [0.1, 0.15) is 18.4 Å². The number of rotatable bonds is 5. The fourth-order valence-electron chi connectivity index (χ4n) is 2.02. The fraction of sp³-hybridized carbons (Fsp3) is 0.133. The molecular formula is C15H13N3O5. The predicted molar refractivity (Wildman–Crippen MR) is 83.2 cm³/mol. The molecule has 0 saturated heterocycles. The van der Waals surface area contributed by atoms with Crippen molar-refractivity contribution < 1.29 is 14.6 Å². The van der Waals surface area contributed by atoms with Crippen LogP contribution in [0.15, 0.2) is 48.5 Å². The van der Waals surface area contributed by atoms with Gasteiger partial charge in [-0.15, -0.1) is 0 Å². The molecule has 1 atom stereocenters. The van der Waals surface area contributed by atoms with E-state index in [0.717, 1.165) is 23.8 Å². The molecule has 0 fully saturated rings. The molecule has 0 saturated carbocycles. The number of hydrogen-bond donors (Lipinski definition) is 1. The third-order valence-corrected chi connectivity index (χ3v) is 3.28. The number of anilines is 1. The molecule has 118 valence electrons. The lowest BCUT2D eigenvalue weighted by Crippen LogP contribution is -2.19. The number of nitro benzene ring substituents is 2. The Bertz CT molecular complexity index is 729. The van der Waals surface area contributed by atoms with Crippen molar-refractivity contribution in [2.45, 2.75) is 12.8 Å². The SMILES string of the molecule is CC(C(=O)Nc1cc([N+](=O)[O-])cc([N+](=O)[O-])c1)c1ccccc1. The molecule has 0 aliphatic rings. The van der Waals surface area contributed by atoms with Gasteiger partial charge in [-0.05, 0) is 12.5 Å². The zero-order valence-electron chi connectivity index (χ0n) is 12.1. The summed E-state index contributed by atoms with van der Waals surface area (Å²) in [4.78, 5) is 32.4. The quantitative estimate of drug-likeness (QED) is 0.671. The van der Waals surface area contributed by atoms with Crippen molar-refractivity contribution in [2.75, 3.05) is 5.32 Å². The molecule has 0 aliphatic carbocycles. The van der Waals surface area contributed by atoms with Gasteiger partial charge < -0.3 is 5.32 Å². The van der Waals surface area contributed by atoms with Crippen molar-refractivity contribution in [1.82, 2.24) is 0 Å². The Kier molecular flexibility index (Phi) is 4.65. The maximum Gasteiger partial charge on any atom is 0.278 e. The van der Waals surface area contributed by atoms with E-state index >= 15 is 0 Å². The second-order valence-electron chi connectivity index (χ2n) is 4.87. The molecule has 8 heteroatoms. The summed E-state index contributed by atoms with van der Waals surface area (Å²) >= 11 is 0. The average Bonchev–Trinajstić information content (AvgIpc) is 2.54. The highest BCUT2D eigenvalue weighted by molar-refractivity contribution is 5.96. The lowest BCUT2D eigenvalue weighted by molar-refractivity contribution is -0.394. The number of nitro groups is 2. The lowest BCUT2D eigenvalue weighted by atomic mass is 10.0. The molecule has 2 aromatic carbocycles. The summed E-state index contributed by atoms with van der Waals surface area (Å²) in [6.45, 7) is 1.68. The third-order valence-electron chi connectivity index (χ3n) is 3.28. The lowest BCUT2D eigenvalue weighted by Gasteiger charge is -2.12. The maximum atomic E-state index is 12.2. The predicted octanol–water partition coefficient (Wildman–Crippen LogP) is 3.25. The summed E-state index contributed by atoms with van der Waals surface area (Å²) in [5, 5.41) is 24.2. The van der Waals surface area contributed by atoms with Crippen molar-refractivity contribution in [3.05, 3.63) is 74.3 Å². The van der Waals surface area contributed by atoms with Gasteiger partial charge in [-0.25, -0.2) is 0 Å². The molecule has 0 aromatic heterocycles. The Morgan fingerprint density at radius 1 is 1.00 bits per heavy atom. The van der Waals surface area contributed by atoms with Gasteiger partial charge in [0.25, 0.3) is 11.4 Å². The first-order valence-electron chi connectivity index (χ1n) is 6.68. The Morgan fingerprint density at radius 3 is 2.00 bits per heavy atom. The number of nitrogens with zero attached hydrogens (tertiary/aromatic N) is 2. The van der Waals surface area contributed by atoms with Crippen molar-refractivity contribution in [1.29, 1.82) is 0 Å². The van der Waals surface area contributed by atoms with E-state index in [1.165, 1.54) is 0 Å². The highest BCUT2D eigenvalue weighted by Crippen LogP contribution is 2.27. The minimum atomic E-state index is -0.747. The van der Waals surface area contributed by atoms with Gasteiger partial charge in [-0.1, -0.05) is 30.3 Å². The van der Waals surface area contributed by atoms with Gasteiger partial charge >= 0.3 is 0 Å². The fourth-order valence-corrected chi connectivity index (χ4v) is 2.02. The average molecular weight is 315 g/mol. The summed E-state index contributed by atoms with van der Waals surface area (Å²) in [6, 6.07) is 12.0. The smallest absolute Gasteiger partial charge is 0.278 e. The van der Waals surface area contributed by atoms with Crippen LogP contribution in [-0.2, 0) is 4.79 Å². The number of nitrogens with one attached hydrogen (secondary N) is 1. The first-order valence-corrected chi connectivity index (χ1v) is 6.68. The molecule has 0 heterocycles. The summed E-state index contributed by atoms with van der Waals surface area (Å²) in [5.74, 6) is -0.916. The molecule has 23 heavy (non-hydrogen) atoms. The van der Waals surface area contributed by atoms with Crippen LogP contribution in [0.4, 0.5) is 17.1 Å². The molecule has 1 N–H and O–H groups in total. The zero-order chi connectivity index (χ0) is 17.0. The van der Waals surface area contributed by atoms with Gasteiger partial charge in [0, 0.05) is 12.1 Å². The zero-order valence-corrected chi connectivity index (χ0v) is 12.1. The third kappa shape index (κ3) is 3.88. The molecule has 2 rings (SSSR count). The number of carbonyl (C=O) groups excluding carboxylic acids is 1. The van der Waals surface area contributed by atoms with Gasteiger partial charge in [-0.3, -0.25) is 25.0 Å². The summed E-state index contributed by atoms with van der Waals surface area (Å²) in [5.41, 5.74) is -0.132. The standard InChI is InChI=1S/C15H13N3O5/c1-10(11-5-3-2-4-6-11)15(19)16-12-7-13(17(20)21)9-14(8-12)18(22)23/h2-10H,1H3,(H,16,19). The van der Waals surface area contributed by atoms with Crippen molar-refractivity contribution in [3.8, 4) is 0 Å². The van der Waals surface area contributed by atoms with E-state index in [1.807, 2.05) is 6.07 Å². The van der Waals surface area contributed by atoms with Gasteiger partial charge in [0.2, 0.25) is 5.91 Å². The molecule has 8 nitrogen and oxygen atoms in total. The number of benzene rings is 2. The summed E-state index contributed by atoms with van der Waals surface area (Å²) in [7, 11) is 0. The highest BCUT2D eigenvalue weighted by atomic mass is 16.6. The van der Waals surface area contributed by atoms with E-state index in [0.29, 0.717) is 0 Å². The molecule has 0 radical (unpaired) electrons. The van der Waals surface area contributed by atoms with E-state index in [9.17, 15) is 25.0 Å². The van der Waals surface area contributed by atoms with Gasteiger partial charge in [0.1, 0.15) is 0 Å². The molecule has 0 bridgehead atoms. The number of hydrogen-bond acceptors (Lipinski definition) is 5. The number of carbonyl (C=O) groups is 1. The molecule has 1 amide bonds. The van der Waals surface area contributed by atoms with E-state index in [-0.39, 0.29) is 5.69 Å². The monoisotopic (exact) mass is 315 g/mol. The number of non-ortho nitro benzene ring substituents is 2. The normalized spacial score (nSPS) is 11.5. The minimum Gasteiger partial charge on any atom is -0.325 e. The Morgan fingerprint density at radius 2 is 1.52 bits per heavy atom. The first kappa shape index (κ1) is 16.1. The van der Waals surface area contributed by atoms with Crippen molar-refractivity contribution in [2.24, 2.45) is 0 Å². The molecule has 0 aliphatic heterocycles. The largest absolute Gasteiger partial charge is 0.325 e. The Balaban J connectivity index is 2.26. The van der Waals surface area contributed by atoms with Crippen LogP contribution in [0, 0.1) is 20.2 Å². The van der Waals surface area contributed by atoms with Gasteiger partial charge in [-0.2, -0.15) is 0 Å². The second-order valence-corrected chi connectivity index (χ2v) is 4.87. The second kappa shape index (κ2) is 6.65. The van der Waals surface area contributed by atoms with Crippen LogP contribution < -0.4 is 5.32 Å². The Hall–Kier alpha value is -3.29. The van der Waals surface area contributed by atoms with Crippen LogP contribution in [0.2, 0.25) is 0 Å². The summed E-state index contributed by atoms with van der Waals surface area (Å²) in [6.07, 6.45) is 0. The van der Waals surface area contributed by atoms with Crippen LogP contribution >= 0.6 is 0 Å². The summed E-state index contributed by atoms with van der Waals surface area (Å²) < 4.78 is 0. The molecular weight excluding hydrogens is 302 g/mol. The van der Waals surface area contributed by atoms with Crippen LogP contribution in [0.5, 0.6) is 0 Å². The highest BCUT2D eigenvalue weighted by Gasteiger charge is 2.20. The Labute approximate surface area is 131 Å². The van der Waals surface area contributed by atoms with E-state index in [4.69, 9.17) is 0 Å². The van der Waals surface area contributed by atoms with Gasteiger partial charge in [0.15, 0.2) is 0 Å². The van der Waals surface area contributed by atoms with Crippen LogP contribution in [0.25, 0.3) is 0 Å². The number of amides is 1. The first-order chi connectivity index (χ1) is 10.9. The maximum absolute atomic E-state index is 12.2. The molecule has 2 aromatic rings. The van der Waals surface area contributed by atoms with Crippen LogP contribution in [-0.4, -0.2) is 15.8 Å². The van der Waals surface area contributed by atoms with Crippen molar-refractivity contribution in [3.63, 3.8) is 0 Å².